The van der Waals surface area contributed by atoms with E-state index in [4.69, 9.17) is 34.8 Å². The first-order valence-corrected chi connectivity index (χ1v) is 12.0. The number of nitrogens with zero attached hydrogens (tertiary/aromatic N) is 5. The standard InChI is InChI=1S/C25H18Cl3FN6O/c1-14-23-19(15-3-6-18(29)7-4-15)8-9-30-25(23)35(32-14)13-22(36)31-24-21(28)12-34(33-24)11-16-2-5-17(26)10-20(16)27/h2-10,12H,11,13H2,1H3,(H,31,33,36). The number of benzene rings is 2. The van der Waals surface area contributed by atoms with Crippen LogP contribution in [0.5, 0.6) is 0 Å². The SMILES string of the molecule is Cc1nn(CC(=O)Nc2nn(Cc3ccc(Cl)cc3Cl)cc2Cl)c2nccc(-c3ccc(F)cc3)c12. The average Bonchev–Trinajstić information content (AvgIpc) is 3.34. The highest BCUT2D eigenvalue weighted by molar-refractivity contribution is 6.35. The molecule has 0 unspecified atom stereocenters. The van der Waals surface area contributed by atoms with Gasteiger partial charge in [0.1, 0.15) is 17.4 Å². The first-order chi connectivity index (χ1) is 17.3. The van der Waals surface area contributed by atoms with Crippen molar-refractivity contribution in [2.75, 3.05) is 5.32 Å². The molecule has 0 aliphatic carbocycles. The summed E-state index contributed by atoms with van der Waals surface area (Å²) in [5.41, 5.74) is 3.73. The van der Waals surface area contributed by atoms with Crippen LogP contribution < -0.4 is 5.32 Å². The van der Waals surface area contributed by atoms with Crippen molar-refractivity contribution in [1.82, 2.24) is 24.5 Å². The Morgan fingerprint density at radius 2 is 1.81 bits per heavy atom. The predicted molar refractivity (Wildman–Crippen MR) is 139 cm³/mol. The van der Waals surface area contributed by atoms with Crippen molar-refractivity contribution in [2.45, 2.75) is 20.0 Å². The molecule has 1 amide bonds. The van der Waals surface area contributed by atoms with E-state index in [1.54, 1.807) is 47.4 Å². The van der Waals surface area contributed by atoms with Gasteiger partial charge in [0.25, 0.3) is 0 Å². The lowest BCUT2D eigenvalue weighted by atomic mass is 10.0. The van der Waals surface area contributed by atoms with Crippen LogP contribution in [0.4, 0.5) is 10.2 Å². The van der Waals surface area contributed by atoms with Gasteiger partial charge in [-0.25, -0.2) is 14.1 Å². The van der Waals surface area contributed by atoms with Crippen LogP contribution in [0.3, 0.4) is 0 Å². The predicted octanol–water partition coefficient (Wildman–Crippen LogP) is 6.39. The topological polar surface area (TPSA) is 77.6 Å². The zero-order valence-electron chi connectivity index (χ0n) is 18.8. The van der Waals surface area contributed by atoms with Crippen molar-refractivity contribution < 1.29 is 9.18 Å². The summed E-state index contributed by atoms with van der Waals surface area (Å²) >= 11 is 18.5. The largest absolute Gasteiger partial charge is 0.306 e. The van der Waals surface area contributed by atoms with E-state index in [0.29, 0.717) is 27.9 Å². The number of rotatable bonds is 6. The second-order valence-corrected chi connectivity index (χ2v) is 9.37. The van der Waals surface area contributed by atoms with Crippen LogP contribution >= 0.6 is 34.8 Å². The zero-order valence-corrected chi connectivity index (χ0v) is 21.1. The molecular weight excluding hydrogens is 526 g/mol. The zero-order chi connectivity index (χ0) is 25.4. The summed E-state index contributed by atoms with van der Waals surface area (Å²) in [6.45, 7) is 2.09. The number of carbonyl (C=O) groups is 1. The minimum atomic E-state index is -0.370. The molecule has 2 aromatic carbocycles. The highest BCUT2D eigenvalue weighted by atomic mass is 35.5. The van der Waals surface area contributed by atoms with Crippen molar-refractivity contribution in [1.29, 1.82) is 0 Å². The molecule has 1 N–H and O–H groups in total. The molecule has 36 heavy (non-hydrogen) atoms. The molecule has 0 fully saturated rings. The molecule has 0 aliphatic heterocycles. The molecule has 182 valence electrons. The van der Waals surface area contributed by atoms with E-state index in [2.05, 4.69) is 20.5 Å². The van der Waals surface area contributed by atoms with Crippen LogP contribution in [-0.4, -0.2) is 30.5 Å². The fourth-order valence-electron chi connectivity index (χ4n) is 3.96. The Labute approximate surface area is 220 Å². The van der Waals surface area contributed by atoms with Gasteiger partial charge in [0, 0.05) is 27.8 Å². The number of hydrogen-bond donors (Lipinski definition) is 1. The molecule has 0 saturated heterocycles. The van der Waals surface area contributed by atoms with Crippen molar-refractivity contribution in [3.05, 3.63) is 93.1 Å². The third-order valence-corrected chi connectivity index (χ3v) is 6.44. The molecule has 3 aromatic heterocycles. The smallest absolute Gasteiger partial charge is 0.247 e. The Bertz CT molecular complexity index is 1600. The lowest BCUT2D eigenvalue weighted by Gasteiger charge is -2.06. The number of hydrogen-bond acceptors (Lipinski definition) is 4. The van der Waals surface area contributed by atoms with Gasteiger partial charge in [-0.15, -0.1) is 0 Å². The Kier molecular flexibility index (Phi) is 6.66. The number of fused-ring (bicyclic) bond motifs is 1. The number of nitrogens with one attached hydrogen (secondary N) is 1. The maximum Gasteiger partial charge on any atom is 0.247 e. The molecule has 0 bridgehead atoms. The van der Waals surface area contributed by atoms with Gasteiger partial charge in [0.2, 0.25) is 5.91 Å². The number of amides is 1. The van der Waals surface area contributed by atoms with Gasteiger partial charge in [0.15, 0.2) is 11.5 Å². The van der Waals surface area contributed by atoms with Crippen LogP contribution in [0.15, 0.2) is 60.9 Å². The normalized spacial score (nSPS) is 11.2. The average molecular weight is 544 g/mol. The third-order valence-electron chi connectivity index (χ3n) is 5.58. The van der Waals surface area contributed by atoms with Gasteiger partial charge < -0.3 is 5.32 Å². The number of halogens is 4. The lowest BCUT2D eigenvalue weighted by molar-refractivity contribution is -0.116. The third kappa shape index (κ3) is 4.93. The maximum atomic E-state index is 13.4. The summed E-state index contributed by atoms with van der Waals surface area (Å²) in [5.74, 6) is -0.463. The highest BCUT2D eigenvalue weighted by Gasteiger charge is 2.18. The van der Waals surface area contributed by atoms with Gasteiger partial charge in [-0.05, 0) is 53.9 Å². The second-order valence-electron chi connectivity index (χ2n) is 8.11. The number of anilines is 1. The number of pyridine rings is 1. The fraction of sp³-hybridized carbons (Fsp3) is 0.120. The lowest BCUT2D eigenvalue weighted by Crippen LogP contribution is -2.20. The van der Waals surface area contributed by atoms with Gasteiger partial charge >= 0.3 is 0 Å². The molecule has 3 heterocycles. The highest BCUT2D eigenvalue weighted by Crippen LogP contribution is 2.30. The van der Waals surface area contributed by atoms with E-state index in [0.717, 1.165) is 22.1 Å². The van der Waals surface area contributed by atoms with E-state index in [1.165, 1.54) is 16.8 Å². The molecule has 5 aromatic rings. The molecule has 0 saturated carbocycles. The van der Waals surface area contributed by atoms with E-state index in [-0.39, 0.29) is 29.1 Å². The Morgan fingerprint density at radius 1 is 1.03 bits per heavy atom. The quantitative estimate of drug-likeness (QED) is 0.269. The molecule has 0 atom stereocenters. The van der Waals surface area contributed by atoms with Gasteiger partial charge in [-0.3, -0.25) is 9.48 Å². The van der Waals surface area contributed by atoms with Crippen LogP contribution in [0.1, 0.15) is 11.3 Å². The summed E-state index contributed by atoms with van der Waals surface area (Å²) in [4.78, 5) is 17.3. The van der Waals surface area contributed by atoms with Crippen molar-refractivity contribution in [2.24, 2.45) is 0 Å². The van der Waals surface area contributed by atoms with Crippen molar-refractivity contribution in [3.63, 3.8) is 0 Å². The Morgan fingerprint density at radius 3 is 2.56 bits per heavy atom. The molecule has 0 spiro atoms. The monoisotopic (exact) mass is 542 g/mol. The Hall–Kier alpha value is -3.46. The summed E-state index contributed by atoms with van der Waals surface area (Å²) in [6, 6.07) is 13.2. The van der Waals surface area contributed by atoms with Gasteiger partial charge in [0.05, 0.1) is 12.2 Å². The van der Waals surface area contributed by atoms with Gasteiger partial charge in [-0.1, -0.05) is 53.0 Å². The molecule has 0 radical (unpaired) electrons. The minimum Gasteiger partial charge on any atom is -0.306 e. The number of aryl methyl sites for hydroxylation is 1. The van der Waals surface area contributed by atoms with Crippen LogP contribution in [0.25, 0.3) is 22.2 Å². The summed E-state index contributed by atoms with van der Waals surface area (Å²) in [7, 11) is 0. The molecule has 7 nitrogen and oxygen atoms in total. The van der Waals surface area contributed by atoms with Crippen molar-refractivity contribution in [3.8, 4) is 11.1 Å². The number of aromatic nitrogens is 5. The van der Waals surface area contributed by atoms with E-state index < -0.39 is 0 Å². The summed E-state index contributed by atoms with van der Waals surface area (Å²) in [5, 5.41) is 13.7. The molecule has 5 rings (SSSR count). The molecular formula is C25H18Cl3FN6O. The maximum absolute atomic E-state index is 13.4. The van der Waals surface area contributed by atoms with Crippen LogP contribution in [0, 0.1) is 12.7 Å². The first-order valence-electron chi connectivity index (χ1n) is 10.8. The Balaban J connectivity index is 1.35. The van der Waals surface area contributed by atoms with Crippen molar-refractivity contribution >= 4 is 57.6 Å². The second kappa shape index (κ2) is 9.89. The first kappa shape index (κ1) is 24.2. The number of carbonyl (C=O) groups excluding carboxylic acids is 1. The van der Waals surface area contributed by atoms with Gasteiger partial charge in [-0.2, -0.15) is 10.2 Å². The molecule has 11 heteroatoms. The fourth-order valence-corrected chi connectivity index (χ4v) is 4.62. The van der Waals surface area contributed by atoms with E-state index in [1.807, 2.05) is 13.0 Å². The van der Waals surface area contributed by atoms with Crippen LogP contribution in [0.2, 0.25) is 15.1 Å². The van der Waals surface area contributed by atoms with E-state index in [9.17, 15) is 9.18 Å². The molecule has 0 aliphatic rings. The van der Waals surface area contributed by atoms with E-state index >= 15 is 0 Å². The minimum absolute atomic E-state index is 0.101. The van der Waals surface area contributed by atoms with Crippen LogP contribution in [-0.2, 0) is 17.9 Å². The summed E-state index contributed by atoms with van der Waals surface area (Å²) in [6.07, 6.45) is 3.24. The summed E-state index contributed by atoms with van der Waals surface area (Å²) < 4.78 is 16.5.